The Bertz CT molecular complexity index is 430. The number of carbonyl (C=O) groups excluding carboxylic acids is 1. The SMILES string of the molecule is COc1cc(Cl)ccc1C(=O)CCCC(F)(F)F. The highest BCUT2D eigenvalue weighted by atomic mass is 35.5. The first-order valence-electron chi connectivity index (χ1n) is 5.27. The standard InChI is InChI=1S/C12H12ClF3O2/c1-18-11-7-8(13)4-5-9(11)10(17)3-2-6-12(14,15)16/h4-5,7H,2-3,6H2,1H3. The topological polar surface area (TPSA) is 26.3 Å². The highest BCUT2D eigenvalue weighted by Crippen LogP contribution is 2.26. The Morgan fingerprint density at radius 1 is 1.39 bits per heavy atom. The number of ketones is 1. The summed E-state index contributed by atoms with van der Waals surface area (Å²) < 4.78 is 40.8. The second-order valence-corrected chi connectivity index (χ2v) is 4.17. The van der Waals surface area contributed by atoms with E-state index >= 15 is 0 Å². The smallest absolute Gasteiger partial charge is 0.389 e. The van der Waals surface area contributed by atoms with E-state index in [9.17, 15) is 18.0 Å². The summed E-state index contributed by atoms with van der Waals surface area (Å²) in [7, 11) is 1.37. The molecule has 0 spiro atoms. The van der Waals surface area contributed by atoms with Gasteiger partial charge in [0.15, 0.2) is 5.78 Å². The van der Waals surface area contributed by atoms with Crippen molar-refractivity contribution in [3.63, 3.8) is 0 Å². The van der Waals surface area contributed by atoms with Gasteiger partial charge in [0.1, 0.15) is 5.75 Å². The molecule has 0 saturated heterocycles. The largest absolute Gasteiger partial charge is 0.496 e. The van der Waals surface area contributed by atoms with E-state index in [0.29, 0.717) is 5.02 Å². The Kier molecular flexibility index (Phi) is 5.02. The molecule has 2 nitrogen and oxygen atoms in total. The van der Waals surface area contributed by atoms with Crippen molar-refractivity contribution in [2.24, 2.45) is 0 Å². The van der Waals surface area contributed by atoms with Crippen LogP contribution in [0.5, 0.6) is 5.75 Å². The third-order valence-corrected chi connectivity index (χ3v) is 2.56. The average Bonchev–Trinajstić information content (AvgIpc) is 2.26. The van der Waals surface area contributed by atoms with Gasteiger partial charge in [0.05, 0.1) is 12.7 Å². The van der Waals surface area contributed by atoms with Crippen LogP contribution in [0.1, 0.15) is 29.6 Å². The minimum absolute atomic E-state index is 0.169. The lowest BCUT2D eigenvalue weighted by molar-refractivity contribution is -0.135. The van der Waals surface area contributed by atoms with Crippen molar-refractivity contribution in [1.82, 2.24) is 0 Å². The molecule has 1 aromatic carbocycles. The van der Waals surface area contributed by atoms with Gasteiger partial charge in [-0.15, -0.1) is 0 Å². The third-order valence-electron chi connectivity index (χ3n) is 2.33. The summed E-state index contributed by atoms with van der Waals surface area (Å²) in [6.45, 7) is 0. The van der Waals surface area contributed by atoms with E-state index in [1.807, 2.05) is 0 Å². The number of Topliss-reactive ketones (excluding diaryl/α,β-unsaturated/α-hetero) is 1. The van der Waals surface area contributed by atoms with Crippen molar-refractivity contribution in [2.75, 3.05) is 7.11 Å². The molecule has 0 aliphatic rings. The molecule has 0 saturated carbocycles. The minimum atomic E-state index is -4.23. The first-order chi connectivity index (χ1) is 8.33. The molecule has 6 heteroatoms. The van der Waals surface area contributed by atoms with Gasteiger partial charge in [0.2, 0.25) is 0 Å². The van der Waals surface area contributed by atoms with Crippen LogP contribution in [0.25, 0.3) is 0 Å². The highest BCUT2D eigenvalue weighted by Gasteiger charge is 2.26. The van der Waals surface area contributed by atoms with Crippen molar-refractivity contribution in [3.05, 3.63) is 28.8 Å². The van der Waals surface area contributed by atoms with Gasteiger partial charge in [0, 0.05) is 17.9 Å². The molecule has 0 amide bonds. The number of ether oxygens (including phenoxy) is 1. The maximum absolute atomic E-state index is 12.0. The first kappa shape index (κ1) is 14.8. The predicted molar refractivity (Wildman–Crippen MR) is 62.2 cm³/mol. The molecular formula is C12H12ClF3O2. The fraction of sp³-hybridized carbons (Fsp3) is 0.417. The zero-order valence-corrected chi connectivity index (χ0v) is 10.4. The van der Waals surface area contributed by atoms with E-state index < -0.39 is 12.6 Å². The summed E-state index contributed by atoms with van der Waals surface area (Å²) in [5, 5.41) is 0.402. The molecule has 0 aliphatic heterocycles. The molecule has 0 aromatic heterocycles. The van der Waals surface area contributed by atoms with Gasteiger partial charge >= 0.3 is 6.18 Å². The summed E-state index contributed by atoms with van der Waals surface area (Å²) in [4.78, 5) is 11.7. The lowest BCUT2D eigenvalue weighted by Crippen LogP contribution is -2.09. The van der Waals surface area contributed by atoms with Crippen LogP contribution >= 0.6 is 11.6 Å². The fourth-order valence-corrected chi connectivity index (χ4v) is 1.64. The van der Waals surface area contributed by atoms with Crippen LogP contribution in [0.2, 0.25) is 5.02 Å². The van der Waals surface area contributed by atoms with Crippen molar-refractivity contribution < 1.29 is 22.7 Å². The minimum Gasteiger partial charge on any atom is -0.496 e. The van der Waals surface area contributed by atoms with E-state index in [2.05, 4.69) is 0 Å². The molecule has 0 aliphatic carbocycles. The van der Waals surface area contributed by atoms with Gasteiger partial charge in [-0.25, -0.2) is 0 Å². The van der Waals surface area contributed by atoms with Gasteiger partial charge in [-0.1, -0.05) is 11.6 Å². The number of alkyl halides is 3. The van der Waals surface area contributed by atoms with Gasteiger partial charge in [-0.3, -0.25) is 4.79 Å². The van der Waals surface area contributed by atoms with Crippen LogP contribution < -0.4 is 4.74 Å². The van der Waals surface area contributed by atoms with Crippen molar-refractivity contribution in [1.29, 1.82) is 0 Å². The molecule has 0 unspecified atom stereocenters. The van der Waals surface area contributed by atoms with Crippen molar-refractivity contribution in [2.45, 2.75) is 25.4 Å². The summed E-state index contributed by atoms with van der Waals surface area (Å²) in [6.07, 6.45) is -5.59. The molecule has 1 aromatic rings. The zero-order chi connectivity index (χ0) is 13.8. The van der Waals surface area contributed by atoms with Crippen LogP contribution in [0, 0.1) is 0 Å². The van der Waals surface area contributed by atoms with Crippen LogP contribution in [0.4, 0.5) is 13.2 Å². The molecule has 0 N–H and O–H groups in total. The molecule has 0 bridgehead atoms. The van der Waals surface area contributed by atoms with Gasteiger partial charge in [0.25, 0.3) is 0 Å². The van der Waals surface area contributed by atoms with E-state index in [0.717, 1.165) is 0 Å². The second kappa shape index (κ2) is 6.09. The lowest BCUT2D eigenvalue weighted by Gasteiger charge is -2.09. The van der Waals surface area contributed by atoms with Crippen LogP contribution in [0.15, 0.2) is 18.2 Å². The zero-order valence-electron chi connectivity index (χ0n) is 9.68. The lowest BCUT2D eigenvalue weighted by atomic mass is 10.0. The maximum Gasteiger partial charge on any atom is 0.389 e. The van der Waals surface area contributed by atoms with E-state index in [-0.39, 0.29) is 29.9 Å². The van der Waals surface area contributed by atoms with Crippen LogP contribution in [0.3, 0.4) is 0 Å². The molecule has 0 heterocycles. The summed E-state index contributed by atoms with van der Waals surface area (Å²) in [6, 6.07) is 4.41. The molecule has 18 heavy (non-hydrogen) atoms. The van der Waals surface area contributed by atoms with Gasteiger partial charge in [-0.2, -0.15) is 13.2 Å². The summed E-state index contributed by atoms with van der Waals surface area (Å²) >= 11 is 5.72. The predicted octanol–water partition coefficient (Wildman–Crippen LogP) is 4.26. The quantitative estimate of drug-likeness (QED) is 0.753. The van der Waals surface area contributed by atoms with Gasteiger partial charge < -0.3 is 4.74 Å². The van der Waals surface area contributed by atoms with Gasteiger partial charge in [-0.05, 0) is 24.6 Å². The number of benzene rings is 1. The first-order valence-corrected chi connectivity index (χ1v) is 5.65. The Hall–Kier alpha value is -1.23. The molecule has 0 atom stereocenters. The van der Waals surface area contributed by atoms with Crippen LogP contribution in [-0.4, -0.2) is 19.1 Å². The average molecular weight is 281 g/mol. The molecular weight excluding hydrogens is 269 g/mol. The summed E-state index contributed by atoms with van der Waals surface area (Å²) in [5.74, 6) is -0.104. The van der Waals surface area contributed by atoms with Crippen molar-refractivity contribution in [3.8, 4) is 5.75 Å². The number of methoxy groups -OCH3 is 1. The monoisotopic (exact) mass is 280 g/mol. The van der Waals surface area contributed by atoms with E-state index in [1.54, 1.807) is 0 Å². The Balaban J connectivity index is 2.67. The number of halogens is 4. The Morgan fingerprint density at radius 2 is 2.06 bits per heavy atom. The normalized spacial score (nSPS) is 11.4. The molecule has 0 fully saturated rings. The number of rotatable bonds is 5. The van der Waals surface area contributed by atoms with Crippen LogP contribution in [-0.2, 0) is 0 Å². The summed E-state index contributed by atoms with van der Waals surface area (Å²) in [5.41, 5.74) is 0.254. The Labute approximate surface area is 108 Å². The Morgan fingerprint density at radius 3 is 2.61 bits per heavy atom. The third kappa shape index (κ3) is 4.56. The highest BCUT2D eigenvalue weighted by molar-refractivity contribution is 6.30. The van der Waals surface area contributed by atoms with Crippen molar-refractivity contribution >= 4 is 17.4 Å². The second-order valence-electron chi connectivity index (χ2n) is 3.74. The van der Waals surface area contributed by atoms with E-state index in [4.69, 9.17) is 16.3 Å². The fourth-order valence-electron chi connectivity index (χ4n) is 1.48. The number of hydrogen-bond acceptors (Lipinski definition) is 2. The number of hydrogen-bond donors (Lipinski definition) is 0. The maximum atomic E-state index is 12.0. The molecule has 100 valence electrons. The number of carbonyl (C=O) groups is 1. The molecule has 0 radical (unpaired) electrons. The van der Waals surface area contributed by atoms with E-state index in [1.165, 1.54) is 25.3 Å². The molecule has 1 rings (SSSR count).